The van der Waals surface area contributed by atoms with Crippen LogP contribution in [0.4, 0.5) is 0 Å². The Morgan fingerprint density at radius 2 is 2.13 bits per heavy atom. The molecule has 1 aliphatic rings. The van der Waals surface area contributed by atoms with Gasteiger partial charge in [-0.05, 0) is 68.1 Å². The van der Waals surface area contributed by atoms with E-state index in [0.717, 1.165) is 31.5 Å². The van der Waals surface area contributed by atoms with Crippen molar-refractivity contribution in [2.75, 3.05) is 26.2 Å². The van der Waals surface area contributed by atoms with Crippen molar-refractivity contribution in [1.82, 2.24) is 15.5 Å². The number of rotatable bonds is 6. The second-order valence-electron chi connectivity index (χ2n) is 6.28. The van der Waals surface area contributed by atoms with Crippen molar-refractivity contribution >= 4 is 41.3 Å². The molecule has 4 nitrogen and oxygen atoms in total. The van der Waals surface area contributed by atoms with Crippen molar-refractivity contribution in [1.29, 1.82) is 0 Å². The molecule has 6 heteroatoms. The highest BCUT2D eigenvalue weighted by Crippen LogP contribution is 2.17. The van der Waals surface area contributed by atoms with Gasteiger partial charge in [0.15, 0.2) is 5.96 Å². The lowest BCUT2D eigenvalue weighted by atomic mass is 9.98. The van der Waals surface area contributed by atoms with Gasteiger partial charge in [-0.2, -0.15) is 11.3 Å². The molecule has 2 heterocycles. The molecule has 1 unspecified atom stereocenters. The molecule has 132 valence electrons. The molecular weight excluding hydrogens is 419 g/mol. The number of thiophene rings is 1. The maximum atomic E-state index is 4.67. The summed E-state index contributed by atoms with van der Waals surface area (Å²) in [6.07, 6.45) is 2.66. The summed E-state index contributed by atoms with van der Waals surface area (Å²) in [4.78, 5) is 7.26. The molecule has 2 N–H and O–H groups in total. The molecule has 1 aromatic heterocycles. The number of nitrogens with one attached hydrogen (secondary N) is 2. The number of piperidine rings is 1. The first-order valence-corrected chi connectivity index (χ1v) is 9.40. The molecule has 0 spiro atoms. The van der Waals surface area contributed by atoms with Crippen molar-refractivity contribution in [2.45, 2.75) is 46.2 Å². The average molecular weight is 450 g/mol. The molecule has 1 aliphatic heterocycles. The fourth-order valence-corrected chi connectivity index (χ4v) is 3.40. The summed E-state index contributed by atoms with van der Waals surface area (Å²) in [5.74, 6) is 1.81. The first kappa shape index (κ1) is 20.7. The minimum Gasteiger partial charge on any atom is -0.357 e. The molecule has 1 saturated heterocycles. The number of likely N-dealkylation sites (tertiary alicyclic amines) is 1. The molecule has 0 radical (unpaired) electrons. The van der Waals surface area contributed by atoms with Crippen LogP contribution in [-0.2, 0) is 6.54 Å². The molecule has 0 aliphatic carbocycles. The van der Waals surface area contributed by atoms with Gasteiger partial charge in [0.1, 0.15) is 0 Å². The van der Waals surface area contributed by atoms with Crippen LogP contribution >= 0.6 is 35.3 Å². The molecule has 0 amide bonds. The third kappa shape index (κ3) is 7.39. The van der Waals surface area contributed by atoms with Crippen LogP contribution in [0.1, 0.15) is 39.2 Å². The lowest BCUT2D eigenvalue weighted by Crippen LogP contribution is -2.48. The van der Waals surface area contributed by atoms with Crippen molar-refractivity contribution < 1.29 is 0 Å². The summed E-state index contributed by atoms with van der Waals surface area (Å²) in [5, 5.41) is 11.1. The van der Waals surface area contributed by atoms with Crippen molar-refractivity contribution in [3.8, 4) is 0 Å². The monoisotopic (exact) mass is 450 g/mol. The predicted molar refractivity (Wildman–Crippen MR) is 112 cm³/mol. The third-order valence-electron chi connectivity index (χ3n) is 4.35. The summed E-state index contributed by atoms with van der Waals surface area (Å²) in [5.41, 5.74) is 1.28. The number of guanidine groups is 1. The molecule has 1 aromatic rings. The van der Waals surface area contributed by atoms with E-state index >= 15 is 0 Å². The SMILES string of the molecule is CCNC(=NCc1ccsc1)NCC(C)N1CCC(C)CC1.I. The Morgan fingerprint density at radius 1 is 1.39 bits per heavy atom. The smallest absolute Gasteiger partial charge is 0.191 e. The third-order valence-corrected chi connectivity index (χ3v) is 5.08. The second-order valence-corrected chi connectivity index (χ2v) is 7.06. The van der Waals surface area contributed by atoms with Crippen LogP contribution in [0.3, 0.4) is 0 Å². The lowest BCUT2D eigenvalue weighted by Gasteiger charge is -2.35. The highest BCUT2D eigenvalue weighted by atomic mass is 127. The van der Waals surface area contributed by atoms with Crippen LogP contribution in [0.5, 0.6) is 0 Å². The Kier molecular flexibility index (Phi) is 10.1. The van der Waals surface area contributed by atoms with Gasteiger partial charge in [-0.15, -0.1) is 24.0 Å². The molecule has 1 fully saturated rings. The number of hydrogen-bond acceptors (Lipinski definition) is 3. The molecule has 0 bridgehead atoms. The van der Waals surface area contributed by atoms with E-state index in [1.807, 2.05) is 0 Å². The number of halogens is 1. The van der Waals surface area contributed by atoms with Gasteiger partial charge in [-0.1, -0.05) is 6.92 Å². The quantitative estimate of drug-likeness (QED) is 0.396. The maximum Gasteiger partial charge on any atom is 0.191 e. The van der Waals surface area contributed by atoms with Crippen molar-refractivity contribution in [3.05, 3.63) is 22.4 Å². The van der Waals surface area contributed by atoms with Crippen LogP contribution in [0.2, 0.25) is 0 Å². The molecule has 1 atom stereocenters. The van der Waals surface area contributed by atoms with E-state index in [-0.39, 0.29) is 24.0 Å². The van der Waals surface area contributed by atoms with Gasteiger partial charge in [0.25, 0.3) is 0 Å². The van der Waals surface area contributed by atoms with Crippen molar-refractivity contribution in [3.63, 3.8) is 0 Å². The number of nitrogens with zero attached hydrogens (tertiary/aromatic N) is 2. The highest BCUT2D eigenvalue weighted by Gasteiger charge is 2.20. The Balaban J connectivity index is 0.00000264. The van der Waals surface area contributed by atoms with Gasteiger partial charge < -0.3 is 10.6 Å². The maximum absolute atomic E-state index is 4.67. The Bertz CT molecular complexity index is 441. The summed E-state index contributed by atoms with van der Waals surface area (Å²) in [6, 6.07) is 2.69. The van der Waals surface area contributed by atoms with E-state index in [4.69, 9.17) is 0 Å². The summed E-state index contributed by atoms with van der Waals surface area (Å²) < 4.78 is 0. The second kappa shape index (κ2) is 11.3. The Morgan fingerprint density at radius 3 is 2.74 bits per heavy atom. The normalized spacial score (nSPS) is 18.3. The minimum atomic E-state index is 0. The van der Waals surface area contributed by atoms with Gasteiger partial charge >= 0.3 is 0 Å². The van der Waals surface area contributed by atoms with Crippen LogP contribution in [0, 0.1) is 5.92 Å². The fourth-order valence-electron chi connectivity index (χ4n) is 2.74. The largest absolute Gasteiger partial charge is 0.357 e. The van der Waals surface area contributed by atoms with E-state index in [0.29, 0.717) is 6.04 Å². The van der Waals surface area contributed by atoms with Gasteiger partial charge in [0, 0.05) is 19.1 Å². The number of hydrogen-bond donors (Lipinski definition) is 2. The minimum absolute atomic E-state index is 0. The average Bonchev–Trinajstić information content (AvgIpc) is 3.04. The van der Waals surface area contributed by atoms with E-state index in [9.17, 15) is 0 Å². The molecule has 0 saturated carbocycles. The zero-order valence-electron chi connectivity index (χ0n) is 14.5. The van der Waals surface area contributed by atoms with Crippen LogP contribution in [0.15, 0.2) is 21.8 Å². The van der Waals surface area contributed by atoms with E-state index in [1.54, 1.807) is 11.3 Å². The Labute approximate surface area is 162 Å². The zero-order valence-corrected chi connectivity index (χ0v) is 17.7. The van der Waals surface area contributed by atoms with Gasteiger partial charge in [-0.3, -0.25) is 4.90 Å². The van der Waals surface area contributed by atoms with Gasteiger partial charge in [-0.25, -0.2) is 4.99 Å². The topological polar surface area (TPSA) is 39.7 Å². The summed E-state index contributed by atoms with van der Waals surface area (Å²) in [7, 11) is 0. The molecule has 0 aromatic carbocycles. The standard InChI is InChI=1S/C17H30N4S.HI/c1-4-18-17(20-12-16-7-10-22-13-16)19-11-15(3)21-8-5-14(2)6-9-21;/h7,10,13-15H,4-6,8-9,11-12H2,1-3H3,(H2,18,19,20);1H. The summed E-state index contributed by atoms with van der Waals surface area (Å²) >= 11 is 1.73. The summed E-state index contributed by atoms with van der Waals surface area (Å²) in [6.45, 7) is 11.8. The van der Waals surface area contributed by atoms with E-state index < -0.39 is 0 Å². The highest BCUT2D eigenvalue weighted by molar-refractivity contribution is 14.0. The number of aliphatic imine (C=N–C) groups is 1. The first-order valence-electron chi connectivity index (χ1n) is 8.46. The molecule has 23 heavy (non-hydrogen) atoms. The van der Waals surface area contributed by atoms with E-state index in [2.05, 4.69) is 58.1 Å². The first-order chi connectivity index (χ1) is 10.7. The molecule has 2 rings (SSSR count). The van der Waals surface area contributed by atoms with Gasteiger partial charge in [0.05, 0.1) is 6.54 Å². The predicted octanol–water partition coefficient (Wildman–Crippen LogP) is 3.54. The Hall–Kier alpha value is -0.340. The zero-order chi connectivity index (χ0) is 15.8. The van der Waals surface area contributed by atoms with Crippen LogP contribution in [-0.4, -0.2) is 43.1 Å². The fraction of sp³-hybridized carbons (Fsp3) is 0.706. The van der Waals surface area contributed by atoms with Crippen LogP contribution in [0.25, 0.3) is 0 Å². The van der Waals surface area contributed by atoms with E-state index in [1.165, 1.54) is 31.5 Å². The van der Waals surface area contributed by atoms with Crippen LogP contribution < -0.4 is 10.6 Å². The lowest BCUT2D eigenvalue weighted by molar-refractivity contribution is 0.147. The van der Waals surface area contributed by atoms with Gasteiger partial charge in [0.2, 0.25) is 0 Å². The van der Waals surface area contributed by atoms with Crippen molar-refractivity contribution in [2.24, 2.45) is 10.9 Å². The molecular formula is C17H31IN4S.